The first-order valence-corrected chi connectivity index (χ1v) is 8.68. The number of benzene rings is 1. The van der Waals surface area contributed by atoms with E-state index in [0.717, 1.165) is 17.4 Å². The lowest BCUT2D eigenvalue weighted by Crippen LogP contribution is -2.20. The van der Waals surface area contributed by atoms with E-state index >= 15 is 0 Å². The van der Waals surface area contributed by atoms with Crippen LogP contribution in [0.3, 0.4) is 0 Å². The fourth-order valence-corrected chi connectivity index (χ4v) is 4.62. The molecule has 1 unspecified atom stereocenters. The zero-order valence-corrected chi connectivity index (χ0v) is 13.5. The van der Waals surface area contributed by atoms with E-state index in [1.807, 2.05) is 13.8 Å². The van der Waals surface area contributed by atoms with Crippen LogP contribution in [-0.4, -0.2) is 13.2 Å². The maximum absolute atomic E-state index is 5.82. The molecule has 0 aliphatic heterocycles. The predicted octanol–water partition coefficient (Wildman–Crippen LogP) is 5.31. The second kappa shape index (κ2) is 6.29. The Bertz CT molecular complexity index is 469. The third kappa shape index (κ3) is 2.77. The summed E-state index contributed by atoms with van der Waals surface area (Å²) in [6.45, 7) is 5.44. The standard InChI is InChI=1S/C19H28O2/c1-3-20-17-10-9-15(14-18(17)21-4-2)16-8-7-13-19(16)11-5-6-12-19/h9-10,14,16H,3-8,11-13H2,1-2H3. The molecule has 0 saturated heterocycles. The van der Waals surface area contributed by atoms with E-state index in [1.54, 1.807) is 0 Å². The molecular formula is C19H28O2. The van der Waals surface area contributed by atoms with Crippen LogP contribution >= 0.6 is 0 Å². The van der Waals surface area contributed by atoms with Crippen LogP contribution in [-0.2, 0) is 0 Å². The van der Waals surface area contributed by atoms with Gasteiger partial charge < -0.3 is 9.47 Å². The molecule has 1 atom stereocenters. The first-order valence-electron chi connectivity index (χ1n) is 8.68. The molecule has 0 amide bonds. The lowest BCUT2D eigenvalue weighted by atomic mass is 9.73. The van der Waals surface area contributed by atoms with E-state index < -0.39 is 0 Å². The van der Waals surface area contributed by atoms with E-state index in [9.17, 15) is 0 Å². The summed E-state index contributed by atoms with van der Waals surface area (Å²) in [5.41, 5.74) is 2.07. The Morgan fingerprint density at radius 1 is 0.952 bits per heavy atom. The van der Waals surface area contributed by atoms with Crippen LogP contribution in [0.1, 0.15) is 70.3 Å². The Balaban J connectivity index is 1.89. The van der Waals surface area contributed by atoms with Gasteiger partial charge in [-0.15, -0.1) is 0 Å². The molecule has 0 bridgehead atoms. The number of rotatable bonds is 5. The Morgan fingerprint density at radius 3 is 2.33 bits per heavy atom. The molecule has 116 valence electrons. The molecule has 2 saturated carbocycles. The van der Waals surface area contributed by atoms with E-state index in [0.29, 0.717) is 18.6 Å². The summed E-state index contributed by atoms with van der Waals surface area (Å²) in [6, 6.07) is 6.65. The van der Waals surface area contributed by atoms with Crippen molar-refractivity contribution in [2.75, 3.05) is 13.2 Å². The fourth-order valence-electron chi connectivity index (χ4n) is 4.62. The minimum Gasteiger partial charge on any atom is -0.490 e. The largest absolute Gasteiger partial charge is 0.490 e. The van der Waals surface area contributed by atoms with Crippen LogP contribution < -0.4 is 9.47 Å². The van der Waals surface area contributed by atoms with Crippen molar-refractivity contribution in [3.8, 4) is 11.5 Å². The SMILES string of the molecule is CCOc1ccc(C2CCCC23CCCC3)cc1OCC. The molecule has 2 fully saturated rings. The van der Waals surface area contributed by atoms with E-state index in [4.69, 9.17) is 9.47 Å². The smallest absolute Gasteiger partial charge is 0.161 e. The summed E-state index contributed by atoms with van der Waals surface area (Å²) in [5.74, 6) is 2.55. The topological polar surface area (TPSA) is 18.5 Å². The average Bonchev–Trinajstić information content (AvgIpc) is 3.12. The van der Waals surface area contributed by atoms with Crippen LogP contribution in [0.5, 0.6) is 11.5 Å². The average molecular weight is 288 g/mol. The highest BCUT2D eigenvalue weighted by Crippen LogP contribution is 2.58. The monoisotopic (exact) mass is 288 g/mol. The first-order chi connectivity index (χ1) is 10.3. The molecule has 1 aromatic carbocycles. The molecule has 0 radical (unpaired) electrons. The molecule has 2 aliphatic carbocycles. The van der Waals surface area contributed by atoms with Crippen LogP contribution in [0.15, 0.2) is 18.2 Å². The second-order valence-electron chi connectivity index (χ2n) is 6.59. The molecule has 2 nitrogen and oxygen atoms in total. The lowest BCUT2D eigenvalue weighted by Gasteiger charge is -2.32. The Kier molecular flexibility index (Phi) is 4.42. The Morgan fingerprint density at radius 2 is 1.62 bits per heavy atom. The van der Waals surface area contributed by atoms with E-state index in [2.05, 4.69) is 18.2 Å². The van der Waals surface area contributed by atoms with Gasteiger partial charge in [0.1, 0.15) is 0 Å². The molecule has 3 rings (SSSR count). The van der Waals surface area contributed by atoms with Crippen molar-refractivity contribution in [1.29, 1.82) is 0 Å². The summed E-state index contributed by atoms with van der Waals surface area (Å²) < 4.78 is 11.5. The zero-order valence-electron chi connectivity index (χ0n) is 13.5. The van der Waals surface area contributed by atoms with Crippen LogP contribution in [0.2, 0.25) is 0 Å². The van der Waals surface area contributed by atoms with Gasteiger partial charge in [-0.25, -0.2) is 0 Å². The van der Waals surface area contributed by atoms with Crippen molar-refractivity contribution in [2.24, 2.45) is 5.41 Å². The van der Waals surface area contributed by atoms with Crippen LogP contribution in [0, 0.1) is 5.41 Å². The maximum atomic E-state index is 5.82. The molecule has 0 aromatic heterocycles. The third-order valence-corrected chi connectivity index (χ3v) is 5.48. The minimum absolute atomic E-state index is 0.594. The molecule has 21 heavy (non-hydrogen) atoms. The minimum atomic E-state index is 0.594. The van der Waals surface area contributed by atoms with Crippen LogP contribution in [0.25, 0.3) is 0 Å². The van der Waals surface area contributed by atoms with Crippen molar-refractivity contribution in [3.05, 3.63) is 23.8 Å². The van der Waals surface area contributed by atoms with Gasteiger partial charge in [0.05, 0.1) is 13.2 Å². The van der Waals surface area contributed by atoms with E-state index in [-0.39, 0.29) is 0 Å². The highest BCUT2D eigenvalue weighted by Gasteiger charge is 2.45. The van der Waals surface area contributed by atoms with Crippen molar-refractivity contribution in [1.82, 2.24) is 0 Å². The van der Waals surface area contributed by atoms with Crippen molar-refractivity contribution in [2.45, 2.75) is 64.7 Å². The number of hydrogen-bond donors (Lipinski definition) is 0. The number of ether oxygens (including phenoxy) is 2. The lowest BCUT2D eigenvalue weighted by molar-refractivity contribution is 0.264. The summed E-state index contributed by atoms with van der Waals surface area (Å²) >= 11 is 0. The molecule has 1 spiro atoms. The molecule has 1 aromatic rings. The normalized spacial score (nSPS) is 23.6. The van der Waals surface area contributed by atoms with Crippen LogP contribution in [0.4, 0.5) is 0 Å². The maximum Gasteiger partial charge on any atom is 0.161 e. The van der Waals surface area contributed by atoms with Crippen molar-refractivity contribution >= 4 is 0 Å². The Labute approximate surface area is 128 Å². The quantitative estimate of drug-likeness (QED) is 0.730. The van der Waals surface area contributed by atoms with Gasteiger partial charge in [0.2, 0.25) is 0 Å². The van der Waals surface area contributed by atoms with E-state index in [1.165, 1.54) is 50.5 Å². The van der Waals surface area contributed by atoms with Crippen molar-refractivity contribution < 1.29 is 9.47 Å². The highest BCUT2D eigenvalue weighted by molar-refractivity contribution is 5.44. The summed E-state index contributed by atoms with van der Waals surface area (Å²) in [7, 11) is 0. The zero-order chi connectivity index (χ0) is 14.7. The van der Waals surface area contributed by atoms with Gasteiger partial charge in [0, 0.05) is 0 Å². The molecule has 0 heterocycles. The fraction of sp³-hybridized carbons (Fsp3) is 0.684. The molecule has 0 N–H and O–H groups in total. The third-order valence-electron chi connectivity index (χ3n) is 5.48. The Hall–Kier alpha value is -1.18. The van der Waals surface area contributed by atoms with Gasteiger partial charge in [-0.05, 0) is 68.6 Å². The number of hydrogen-bond acceptors (Lipinski definition) is 2. The van der Waals surface area contributed by atoms with Gasteiger partial charge in [0.15, 0.2) is 11.5 Å². The molecule has 2 aliphatic rings. The molecule has 2 heteroatoms. The van der Waals surface area contributed by atoms with Gasteiger partial charge in [-0.1, -0.05) is 25.3 Å². The first kappa shape index (κ1) is 14.7. The predicted molar refractivity (Wildman–Crippen MR) is 86.3 cm³/mol. The van der Waals surface area contributed by atoms with Gasteiger partial charge in [-0.2, -0.15) is 0 Å². The summed E-state index contributed by atoms with van der Waals surface area (Å²) in [6.07, 6.45) is 9.86. The summed E-state index contributed by atoms with van der Waals surface area (Å²) in [4.78, 5) is 0. The summed E-state index contributed by atoms with van der Waals surface area (Å²) in [5, 5.41) is 0. The van der Waals surface area contributed by atoms with Crippen molar-refractivity contribution in [3.63, 3.8) is 0 Å². The molecular weight excluding hydrogens is 260 g/mol. The van der Waals surface area contributed by atoms with Gasteiger partial charge >= 0.3 is 0 Å². The highest BCUT2D eigenvalue weighted by atomic mass is 16.5. The van der Waals surface area contributed by atoms with Gasteiger partial charge in [-0.3, -0.25) is 0 Å². The second-order valence-corrected chi connectivity index (χ2v) is 6.59. The van der Waals surface area contributed by atoms with Gasteiger partial charge in [0.25, 0.3) is 0 Å².